The van der Waals surface area contributed by atoms with E-state index >= 15 is 4.79 Å². The van der Waals surface area contributed by atoms with E-state index in [0.29, 0.717) is 61.9 Å². The maximum absolute atomic E-state index is 15.0. The van der Waals surface area contributed by atoms with Crippen LogP contribution in [0.25, 0.3) is 0 Å². The van der Waals surface area contributed by atoms with E-state index in [1.807, 2.05) is 41.3 Å². The van der Waals surface area contributed by atoms with Crippen LogP contribution >= 0.6 is 0 Å². The lowest BCUT2D eigenvalue weighted by molar-refractivity contribution is -0.257. The molecular weight excluding hydrogens is 887 g/mol. The van der Waals surface area contributed by atoms with Crippen LogP contribution < -0.4 is 19.5 Å². The molecule has 2 aromatic carbocycles. The molecule has 2 amide bonds. The molecule has 7 unspecified atom stereocenters. The fourth-order valence-corrected chi connectivity index (χ4v) is 11.3. The van der Waals surface area contributed by atoms with E-state index in [0.717, 1.165) is 80.9 Å². The fraction of sp³-hybridized carbons (Fsp3) is 0.667. The number of nitrogens with zero attached hydrogens (tertiary/aromatic N) is 2. The van der Waals surface area contributed by atoms with E-state index in [2.05, 4.69) is 31.8 Å². The van der Waals surface area contributed by atoms with Crippen molar-refractivity contribution in [2.24, 2.45) is 22.9 Å². The van der Waals surface area contributed by atoms with Gasteiger partial charge in [0, 0.05) is 50.6 Å². The number of fused-ring (bicyclic) bond motifs is 2. The Morgan fingerprint density at radius 3 is 2.36 bits per heavy atom. The molecule has 2 fully saturated rings. The first-order chi connectivity index (χ1) is 34.3. The molecule has 2 aliphatic carbocycles. The SMILES string of the molecule is C=CCOC12Oc3ccc(OC(=O)NCCCCCCCCCCCC)cc3C3C(CCCCO)C(CCCCO)C=C(C(=NOC4CCCCO4)CC1N(CCC)C(=O)Cc1cccc(OC)c1)C32. The Morgan fingerprint density at radius 1 is 0.900 bits per heavy atom. The number of unbranched alkanes of at least 4 members (excludes halogenated alkanes) is 11. The van der Waals surface area contributed by atoms with Gasteiger partial charge in [0.1, 0.15) is 23.3 Å². The zero-order valence-electron chi connectivity index (χ0n) is 42.7. The van der Waals surface area contributed by atoms with Gasteiger partial charge in [-0.25, -0.2) is 4.79 Å². The average Bonchev–Trinajstić information content (AvgIpc) is 3.37. The van der Waals surface area contributed by atoms with Crippen molar-refractivity contribution >= 4 is 17.7 Å². The van der Waals surface area contributed by atoms with Crippen LogP contribution in [0.2, 0.25) is 0 Å². The van der Waals surface area contributed by atoms with Crippen molar-refractivity contribution in [1.82, 2.24) is 10.2 Å². The van der Waals surface area contributed by atoms with Crippen LogP contribution in [-0.2, 0) is 25.5 Å². The highest BCUT2D eigenvalue weighted by atomic mass is 16.8. The van der Waals surface area contributed by atoms with Gasteiger partial charge >= 0.3 is 6.09 Å². The van der Waals surface area contributed by atoms with Gasteiger partial charge in [0.25, 0.3) is 0 Å². The predicted molar refractivity (Wildman–Crippen MR) is 274 cm³/mol. The first kappa shape index (κ1) is 54.9. The number of oxime groups is 1. The van der Waals surface area contributed by atoms with Crippen molar-refractivity contribution in [2.75, 3.05) is 46.6 Å². The van der Waals surface area contributed by atoms with Crippen LogP contribution in [0, 0.1) is 17.8 Å². The number of allylic oxidation sites excluding steroid dienone is 1. The molecule has 0 radical (unpaired) electrons. The molecule has 13 nitrogen and oxygen atoms in total. The number of benzene rings is 2. The molecule has 2 heterocycles. The van der Waals surface area contributed by atoms with Gasteiger partial charge in [-0.2, -0.15) is 0 Å². The highest BCUT2D eigenvalue weighted by Gasteiger charge is 2.65. The molecule has 13 heteroatoms. The number of carbonyl (C=O) groups excluding carboxylic acids is 2. The van der Waals surface area contributed by atoms with Gasteiger partial charge in [-0.15, -0.1) is 6.58 Å². The number of aliphatic hydroxyl groups is 2. The van der Waals surface area contributed by atoms with Crippen molar-refractivity contribution in [3.8, 4) is 17.2 Å². The third-order valence-electron chi connectivity index (χ3n) is 14.7. The van der Waals surface area contributed by atoms with Crippen molar-refractivity contribution in [1.29, 1.82) is 0 Å². The van der Waals surface area contributed by atoms with Crippen molar-refractivity contribution in [3.63, 3.8) is 0 Å². The monoisotopic (exact) mass is 972 g/mol. The molecular formula is C57H85N3O10. The number of ether oxygens (including phenoxy) is 5. The largest absolute Gasteiger partial charge is 0.497 e. The maximum atomic E-state index is 15.0. The van der Waals surface area contributed by atoms with Crippen molar-refractivity contribution in [3.05, 3.63) is 77.9 Å². The molecule has 4 aliphatic rings. The first-order valence-electron chi connectivity index (χ1n) is 27.0. The van der Waals surface area contributed by atoms with Gasteiger partial charge in [-0.05, 0) is 105 Å². The summed E-state index contributed by atoms with van der Waals surface area (Å²) in [7, 11) is 1.62. The number of nitrogens with one attached hydrogen (secondary N) is 1. The lowest BCUT2D eigenvalue weighted by Crippen LogP contribution is -2.70. The summed E-state index contributed by atoms with van der Waals surface area (Å²) in [5.41, 5.74) is 3.37. The third-order valence-corrected chi connectivity index (χ3v) is 14.7. The Hall–Kier alpha value is -4.43. The summed E-state index contributed by atoms with van der Waals surface area (Å²) < 4.78 is 32.2. The number of aliphatic hydroxyl groups excluding tert-OH is 2. The van der Waals surface area contributed by atoms with E-state index in [1.165, 1.54) is 44.9 Å². The molecule has 0 bridgehead atoms. The number of amides is 2. The number of hydrogen-bond acceptors (Lipinski definition) is 11. The summed E-state index contributed by atoms with van der Waals surface area (Å²) in [5, 5.41) is 28.0. The van der Waals surface area contributed by atoms with Crippen molar-refractivity contribution < 1.29 is 48.3 Å². The lowest BCUT2D eigenvalue weighted by Gasteiger charge is -2.60. The van der Waals surface area contributed by atoms with Crippen LogP contribution in [0.4, 0.5) is 4.79 Å². The van der Waals surface area contributed by atoms with E-state index < -0.39 is 30.1 Å². The minimum Gasteiger partial charge on any atom is -0.497 e. The minimum absolute atomic E-state index is 0.0171. The third kappa shape index (κ3) is 14.8. The zero-order valence-corrected chi connectivity index (χ0v) is 42.7. The number of hydrogen-bond donors (Lipinski definition) is 3. The maximum Gasteiger partial charge on any atom is 0.412 e. The lowest BCUT2D eigenvalue weighted by atomic mass is 9.55. The standard InChI is InChI=1S/C57H85N3O10/c1-5-8-9-10-11-12-13-14-15-19-31-58-56(64)68-45-29-30-50-48(40-45)54-46(27-17-21-34-62)43(25-16-20-33-61)39-47-49(59-70-53-28-18-22-36-66-53)41-51(57(69-50,55(47)54)67-35-7-3)60(32-6-2)52(63)38-42-24-23-26-44(37-42)65-4/h7,23-24,26,29-30,37,39-40,43,46,51,53-55,61-62H,3,5-6,8-22,25,27-28,31-36,38,41H2,1-2,4H3,(H,58,64). The molecule has 2 aliphatic heterocycles. The highest BCUT2D eigenvalue weighted by Crippen LogP contribution is 2.62. The van der Waals surface area contributed by atoms with Gasteiger partial charge < -0.3 is 49.0 Å². The second-order valence-electron chi connectivity index (χ2n) is 19.8. The van der Waals surface area contributed by atoms with Crippen LogP contribution in [0.1, 0.15) is 166 Å². The molecule has 1 saturated carbocycles. The smallest absolute Gasteiger partial charge is 0.412 e. The molecule has 6 rings (SSSR count). The molecule has 70 heavy (non-hydrogen) atoms. The van der Waals surface area contributed by atoms with E-state index in [4.69, 9.17) is 33.7 Å². The summed E-state index contributed by atoms with van der Waals surface area (Å²) in [6, 6.07) is 12.6. The Bertz CT molecular complexity index is 1980. The quantitative estimate of drug-likeness (QED) is 0.0377. The van der Waals surface area contributed by atoms with Crippen LogP contribution in [0.15, 0.2) is 71.9 Å². The van der Waals surface area contributed by atoms with Crippen molar-refractivity contribution in [2.45, 2.75) is 179 Å². The summed E-state index contributed by atoms with van der Waals surface area (Å²) in [6.07, 6.45) is 23.5. The fourth-order valence-electron chi connectivity index (χ4n) is 11.3. The molecule has 0 aromatic heterocycles. The number of rotatable bonds is 31. The molecule has 388 valence electrons. The summed E-state index contributed by atoms with van der Waals surface area (Å²) >= 11 is 0. The second kappa shape index (κ2) is 29.2. The molecule has 3 N–H and O–H groups in total. The molecule has 0 spiro atoms. The summed E-state index contributed by atoms with van der Waals surface area (Å²) in [6.45, 7) is 10.3. The molecule has 1 saturated heterocycles. The van der Waals surface area contributed by atoms with Crippen LogP contribution in [0.5, 0.6) is 17.2 Å². The number of carbonyl (C=O) groups is 2. The number of methoxy groups -OCH3 is 1. The van der Waals surface area contributed by atoms with Gasteiger partial charge in [-0.3, -0.25) is 4.79 Å². The van der Waals surface area contributed by atoms with Gasteiger partial charge in [0.2, 0.25) is 18.0 Å². The topological polar surface area (TPSA) is 158 Å². The summed E-state index contributed by atoms with van der Waals surface area (Å²) in [5.74, 6) is -0.500. The first-order valence-corrected chi connectivity index (χ1v) is 27.0. The minimum atomic E-state index is -1.41. The van der Waals surface area contributed by atoms with Crippen LogP contribution in [0.3, 0.4) is 0 Å². The summed E-state index contributed by atoms with van der Waals surface area (Å²) in [4.78, 5) is 36.7. The Kier molecular flexibility index (Phi) is 22.9. The second-order valence-corrected chi connectivity index (χ2v) is 19.8. The highest BCUT2D eigenvalue weighted by molar-refractivity contribution is 6.03. The van der Waals surface area contributed by atoms with Crippen LogP contribution in [-0.4, -0.2) is 97.6 Å². The predicted octanol–water partition coefficient (Wildman–Crippen LogP) is 11.3. The van der Waals surface area contributed by atoms with Gasteiger partial charge in [-0.1, -0.05) is 114 Å². The van der Waals surface area contributed by atoms with E-state index in [1.54, 1.807) is 19.3 Å². The van der Waals surface area contributed by atoms with E-state index in [-0.39, 0.29) is 56.3 Å². The molecule has 2 aromatic rings. The Morgan fingerprint density at radius 2 is 1.66 bits per heavy atom. The Balaban J connectivity index is 1.40. The van der Waals surface area contributed by atoms with Gasteiger partial charge in [0.15, 0.2) is 0 Å². The van der Waals surface area contributed by atoms with E-state index in [9.17, 15) is 15.0 Å². The molecule has 7 atom stereocenters. The zero-order chi connectivity index (χ0) is 49.6. The normalized spacial score (nSPS) is 24.1. The Labute approximate surface area is 418 Å². The average molecular weight is 972 g/mol. The van der Waals surface area contributed by atoms with Gasteiger partial charge in [0.05, 0.1) is 38.4 Å².